The van der Waals surface area contributed by atoms with Crippen LogP contribution in [0, 0.1) is 0 Å². The van der Waals surface area contributed by atoms with E-state index in [1.807, 2.05) is 43.4 Å². The van der Waals surface area contributed by atoms with Crippen molar-refractivity contribution in [2.75, 3.05) is 24.8 Å². The zero-order valence-electron chi connectivity index (χ0n) is 10.6. The molecule has 0 fully saturated rings. The number of aromatic nitrogens is 1. The van der Waals surface area contributed by atoms with E-state index in [-0.39, 0.29) is 0 Å². The highest BCUT2D eigenvalue weighted by molar-refractivity contribution is 5.50. The van der Waals surface area contributed by atoms with Gasteiger partial charge in [0.15, 0.2) is 0 Å². The lowest BCUT2D eigenvalue weighted by Gasteiger charge is -2.20. The minimum atomic E-state index is 0.548. The molecule has 2 rings (SSSR count). The van der Waals surface area contributed by atoms with E-state index in [0.717, 1.165) is 23.5 Å². The molecule has 2 N–H and O–H groups in total. The fourth-order valence-electron chi connectivity index (χ4n) is 1.81. The van der Waals surface area contributed by atoms with Crippen molar-refractivity contribution in [3.05, 3.63) is 48.2 Å². The van der Waals surface area contributed by atoms with Crippen molar-refractivity contribution in [1.29, 1.82) is 0 Å². The third kappa shape index (κ3) is 2.91. The van der Waals surface area contributed by atoms with Gasteiger partial charge in [-0.3, -0.25) is 0 Å². The van der Waals surface area contributed by atoms with E-state index in [2.05, 4.69) is 9.88 Å². The quantitative estimate of drug-likeness (QED) is 0.895. The van der Waals surface area contributed by atoms with E-state index >= 15 is 0 Å². The summed E-state index contributed by atoms with van der Waals surface area (Å²) in [4.78, 5) is 6.12. The number of nitrogens with zero attached hydrogens (tertiary/aromatic N) is 2. The first-order chi connectivity index (χ1) is 8.69. The fourth-order valence-corrected chi connectivity index (χ4v) is 1.81. The second-order valence-electron chi connectivity index (χ2n) is 4.15. The summed E-state index contributed by atoms with van der Waals surface area (Å²) in [7, 11) is 3.70. The largest absolute Gasteiger partial charge is 0.497 e. The van der Waals surface area contributed by atoms with E-state index in [0.29, 0.717) is 5.82 Å². The lowest BCUT2D eigenvalue weighted by Crippen LogP contribution is -2.16. The predicted octanol–water partition coefficient (Wildman–Crippen LogP) is 2.31. The molecule has 0 bridgehead atoms. The van der Waals surface area contributed by atoms with Gasteiger partial charge in [0.2, 0.25) is 0 Å². The molecule has 0 aliphatic heterocycles. The number of ether oxygens (including phenoxy) is 1. The second-order valence-corrected chi connectivity index (χ2v) is 4.15. The third-order valence-electron chi connectivity index (χ3n) is 2.76. The average molecular weight is 243 g/mol. The zero-order chi connectivity index (χ0) is 13.0. The molecule has 0 aliphatic rings. The molecule has 0 aliphatic carbocycles. The minimum Gasteiger partial charge on any atom is -0.497 e. The molecule has 0 radical (unpaired) electrons. The minimum absolute atomic E-state index is 0.548. The van der Waals surface area contributed by atoms with E-state index in [4.69, 9.17) is 10.5 Å². The van der Waals surface area contributed by atoms with Crippen molar-refractivity contribution in [3.8, 4) is 5.75 Å². The van der Waals surface area contributed by atoms with Crippen molar-refractivity contribution in [1.82, 2.24) is 4.98 Å². The Morgan fingerprint density at radius 1 is 1.28 bits per heavy atom. The molecule has 0 amide bonds. The van der Waals surface area contributed by atoms with Crippen molar-refractivity contribution >= 4 is 11.5 Å². The van der Waals surface area contributed by atoms with Gasteiger partial charge in [0.25, 0.3) is 0 Å². The first-order valence-electron chi connectivity index (χ1n) is 5.74. The molecule has 0 saturated heterocycles. The Morgan fingerprint density at radius 3 is 2.83 bits per heavy atom. The fraction of sp³-hybridized carbons (Fsp3) is 0.214. The standard InChI is InChI=1S/C14H17N3O/c1-17(10-11-6-7-16-14(15)8-11)12-4-3-5-13(9-12)18-2/h3-9H,10H2,1-2H3,(H2,15,16). The number of methoxy groups -OCH3 is 1. The van der Waals surface area contributed by atoms with Crippen LogP contribution in [0.2, 0.25) is 0 Å². The summed E-state index contributed by atoms with van der Waals surface area (Å²) in [6.07, 6.45) is 1.73. The van der Waals surface area contributed by atoms with Crippen molar-refractivity contribution in [3.63, 3.8) is 0 Å². The van der Waals surface area contributed by atoms with Gasteiger partial charge in [0.05, 0.1) is 7.11 Å². The highest BCUT2D eigenvalue weighted by Gasteiger charge is 2.04. The smallest absolute Gasteiger partial charge is 0.123 e. The summed E-state index contributed by atoms with van der Waals surface area (Å²) in [5.74, 6) is 1.40. The van der Waals surface area contributed by atoms with Crippen LogP contribution >= 0.6 is 0 Å². The summed E-state index contributed by atoms with van der Waals surface area (Å²) in [6.45, 7) is 0.778. The van der Waals surface area contributed by atoms with Gasteiger partial charge in [-0.05, 0) is 29.8 Å². The van der Waals surface area contributed by atoms with Crippen LogP contribution in [0.3, 0.4) is 0 Å². The number of nitrogen functional groups attached to an aromatic ring is 1. The number of nitrogens with two attached hydrogens (primary N) is 1. The average Bonchev–Trinajstić information content (AvgIpc) is 2.39. The molecule has 0 unspecified atom stereocenters. The molecule has 1 heterocycles. The van der Waals surface area contributed by atoms with E-state index in [9.17, 15) is 0 Å². The number of pyridine rings is 1. The molecule has 2 aromatic rings. The Bertz CT molecular complexity index is 528. The van der Waals surface area contributed by atoms with Crippen LogP contribution in [-0.4, -0.2) is 19.1 Å². The molecule has 4 heteroatoms. The van der Waals surface area contributed by atoms with Crippen LogP contribution in [0.4, 0.5) is 11.5 Å². The topological polar surface area (TPSA) is 51.4 Å². The van der Waals surface area contributed by atoms with Gasteiger partial charge in [-0.15, -0.1) is 0 Å². The number of anilines is 2. The normalized spacial score (nSPS) is 10.1. The number of hydrogen-bond donors (Lipinski definition) is 1. The van der Waals surface area contributed by atoms with Crippen LogP contribution in [0.1, 0.15) is 5.56 Å². The van der Waals surface area contributed by atoms with Crippen molar-refractivity contribution in [2.24, 2.45) is 0 Å². The maximum atomic E-state index is 5.67. The summed E-state index contributed by atoms with van der Waals surface area (Å²) in [5, 5.41) is 0. The number of rotatable bonds is 4. The Labute approximate surface area is 107 Å². The summed E-state index contributed by atoms with van der Waals surface area (Å²) < 4.78 is 5.22. The highest BCUT2D eigenvalue weighted by atomic mass is 16.5. The summed E-state index contributed by atoms with van der Waals surface area (Å²) in [5.41, 5.74) is 7.90. The molecule has 94 valence electrons. The molecular formula is C14H17N3O. The van der Waals surface area contributed by atoms with Gasteiger partial charge in [0.1, 0.15) is 11.6 Å². The van der Waals surface area contributed by atoms with Gasteiger partial charge in [-0.2, -0.15) is 0 Å². The first kappa shape index (κ1) is 12.2. The van der Waals surface area contributed by atoms with Crippen LogP contribution in [0.25, 0.3) is 0 Å². The Hall–Kier alpha value is -2.23. The lowest BCUT2D eigenvalue weighted by atomic mass is 10.2. The third-order valence-corrected chi connectivity index (χ3v) is 2.76. The van der Waals surface area contributed by atoms with Crippen molar-refractivity contribution < 1.29 is 4.74 Å². The van der Waals surface area contributed by atoms with Gasteiger partial charge < -0.3 is 15.4 Å². The maximum absolute atomic E-state index is 5.67. The number of hydrogen-bond acceptors (Lipinski definition) is 4. The zero-order valence-corrected chi connectivity index (χ0v) is 10.6. The van der Waals surface area contributed by atoms with Crippen LogP contribution in [0.5, 0.6) is 5.75 Å². The van der Waals surface area contributed by atoms with Gasteiger partial charge >= 0.3 is 0 Å². The van der Waals surface area contributed by atoms with Crippen LogP contribution < -0.4 is 15.4 Å². The predicted molar refractivity (Wildman–Crippen MR) is 73.8 cm³/mol. The first-order valence-corrected chi connectivity index (χ1v) is 5.74. The Morgan fingerprint density at radius 2 is 2.11 bits per heavy atom. The van der Waals surface area contributed by atoms with Gasteiger partial charge in [-0.1, -0.05) is 6.07 Å². The molecule has 1 aromatic heterocycles. The molecule has 1 aromatic carbocycles. The molecule has 0 atom stereocenters. The monoisotopic (exact) mass is 243 g/mol. The number of benzene rings is 1. The van der Waals surface area contributed by atoms with Gasteiger partial charge in [-0.25, -0.2) is 4.98 Å². The Balaban J connectivity index is 2.13. The van der Waals surface area contributed by atoms with Crippen LogP contribution in [-0.2, 0) is 6.54 Å². The molecule has 0 saturated carbocycles. The lowest BCUT2D eigenvalue weighted by molar-refractivity contribution is 0.415. The summed E-state index contributed by atoms with van der Waals surface area (Å²) >= 11 is 0. The molecule has 4 nitrogen and oxygen atoms in total. The van der Waals surface area contributed by atoms with E-state index in [1.54, 1.807) is 13.3 Å². The SMILES string of the molecule is COc1cccc(N(C)Cc2ccnc(N)c2)c1. The van der Waals surface area contributed by atoms with E-state index < -0.39 is 0 Å². The van der Waals surface area contributed by atoms with E-state index in [1.165, 1.54) is 0 Å². The molecule has 0 spiro atoms. The summed E-state index contributed by atoms with van der Waals surface area (Å²) in [6, 6.07) is 11.8. The molecular weight excluding hydrogens is 226 g/mol. The second kappa shape index (κ2) is 5.40. The van der Waals surface area contributed by atoms with Crippen LogP contribution in [0.15, 0.2) is 42.6 Å². The molecule has 18 heavy (non-hydrogen) atoms. The van der Waals surface area contributed by atoms with Gasteiger partial charge in [0, 0.05) is 31.5 Å². The Kier molecular flexibility index (Phi) is 3.67. The highest BCUT2D eigenvalue weighted by Crippen LogP contribution is 2.21. The maximum Gasteiger partial charge on any atom is 0.123 e. The van der Waals surface area contributed by atoms with Crippen molar-refractivity contribution in [2.45, 2.75) is 6.54 Å².